The lowest BCUT2D eigenvalue weighted by Gasteiger charge is -2.10. The number of rotatable bonds is 8. The normalized spacial score (nSPS) is 10.9. The van der Waals surface area contributed by atoms with Crippen molar-refractivity contribution in [2.24, 2.45) is 5.10 Å². The first kappa shape index (κ1) is 22.1. The maximum atomic E-state index is 12.3. The second-order valence-electron chi connectivity index (χ2n) is 6.88. The summed E-state index contributed by atoms with van der Waals surface area (Å²) in [6.45, 7) is 0. The Hall–Kier alpha value is -4.11. The molecule has 0 spiro atoms. The molecule has 0 unspecified atom stereocenters. The molecule has 1 aromatic heterocycles. The van der Waals surface area contributed by atoms with Gasteiger partial charge >= 0.3 is 0 Å². The zero-order valence-corrected chi connectivity index (χ0v) is 18.6. The number of carbonyl (C=O) groups is 1. The summed E-state index contributed by atoms with van der Waals surface area (Å²) in [4.78, 5) is 12.3. The number of amides is 1. The van der Waals surface area contributed by atoms with E-state index < -0.39 is 0 Å². The molecule has 0 aliphatic rings. The highest BCUT2D eigenvalue weighted by Gasteiger charge is 2.17. The minimum atomic E-state index is -0.287. The number of hydrogen-bond acceptors (Lipinski definition) is 7. The van der Waals surface area contributed by atoms with Gasteiger partial charge in [0.25, 0.3) is 5.91 Å². The molecule has 0 atom stereocenters. The van der Waals surface area contributed by atoms with Gasteiger partial charge in [-0.2, -0.15) is 5.10 Å². The van der Waals surface area contributed by atoms with Crippen molar-refractivity contribution < 1.29 is 14.6 Å². The van der Waals surface area contributed by atoms with E-state index in [1.807, 2.05) is 59.2 Å². The molecule has 0 saturated heterocycles. The van der Waals surface area contributed by atoms with E-state index in [0.717, 1.165) is 17.0 Å². The van der Waals surface area contributed by atoms with Crippen LogP contribution < -0.4 is 10.2 Å². The van der Waals surface area contributed by atoms with Crippen LogP contribution >= 0.6 is 11.8 Å². The average molecular weight is 460 g/mol. The first-order valence-corrected chi connectivity index (χ1v) is 11.0. The van der Waals surface area contributed by atoms with Crippen LogP contribution in [0.3, 0.4) is 0 Å². The van der Waals surface area contributed by atoms with Gasteiger partial charge in [0.15, 0.2) is 11.0 Å². The van der Waals surface area contributed by atoms with Gasteiger partial charge in [-0.15, -0.1) is 10.2 Å². The summed E-state index contributed by atoms with van der Waals surface area (Å²) < 4.78 is 7.15. The van der Waals surface area contributed by atoms with Crippen LogP contribution in [0.5, 0.6) is 11.5 Å². The molecule has 3 aromatic carbocycles. The fourth-order valence-corrected chi connectivity index (χ4v) is 3.79. The van der Waals surface area contributed by atoms with Crippen LogP contribution in [0.25, 0.3) is 17.1 Å². The molecule has 4 rings (SSSR count). The van der Waals surface area contributed by atoms with E-state index >= 15 is 0 Å². The van der Waals surface area contributed by atoms with Gasteiger partial charge in [0.2, 0.25) is 0 Å². The SMILES string of the molecule is COc1ccc(-c2nnc(SCC(=O)N/N=C\c3cccc(O)c3)n2-c2ccccc2)cc1. The van der Waals surface area contributed by atoms with Crippen molar-refractivity contribution in [3.05, 3.63) is 84.4 Å². The number of para-hydroxylation sites is 1. The van der Waals surface area contributed by atoms with Crippen LogP contribution in [-0.4, -0.2) is 44.9 Å². The molecule has 0 fully saturated rings. The molecular formula is C24H21N5O3S. The monoisotopic (exact) mass is 459 g/mol. The van der Waals surface area contributed by atoms with E-state index in [1.165, 1.54) is 18.0 Å². The van der Waals surface area contributed by atoms with Crippen LogP contribution in [0.2, 0.25) is 0 Å². The van der Waals surface area contributed by atoms with E-state index in [2.05, 4.69) is 20.7 Å². The van der Waals surface area contributed by atoms with Crippen molar-refractivity contribution in [1.29, 1.82) is 0 Å². The third kappa shape index (κ3) is 5.58. The van der Waals surface area contributed by atoms with Crippen molar-refractivity contribution in [1.82, 2.24) is 20.2 Å². The number of aromatic nitrogens is 3. The summed E-state index contributed by atoms with van der Waals surface area (Å²) in [5, 5.41) is 22.7. The molecule has 8 nitrogen and oxygen atoms in total. The Morgan fingerprint density at radius 1 is 1.09 bits per heavy atom. The Kier molecular flexibility index (Phi) is 7.01. The minimum Gasteiger partial charge on any atom is -0.508 e. The van der Waals surface area contributed by atoms with Crippen LogP contribution in [0, 0.1) is 0 Å². The van der Waals surface area contributed by atoms with Crippen molar-refractivity contribution >= 4 is 23.9 Å². The molecule has 166 valence electrons. The first-order chi connectivity index (χ1) is 16.1. The quantitative estimate of drug-likeness (QED) is 0.235. The number of nitrogens with one attached hydrogen (secondary N) is 1. The van der Waals surface area contributed by atoms with Crippen molar-refractivity contribution in [2.75, 3.05) is 12.9 Å². The smallest absolute Gasteiger partial charge is 0.250 e. The Balaban J connectivity index is 1.50. The summed E-state index contributed by atoms with van der Waals surface area (Å²) in [5.41, 5.74) is 4.93. The lowest BCUT2D eigenvalue weighted by molar-refractivity contribution is -0.118. The van der Waals surface area contributed by atoms with Crippen LogP contribution in [-0.2, 0) is 4.79 Å². The summed E-state index contributed by atoms with van der Waals surface area (Å²) in [6, 6.07) is 23.9. The molecule has 0 radical (unpaired) electrons. The van der Waals surface area contributed by atoms with E-state index in [0.29, 0.717) is 16.5 Å². The molecule has 0 saturated carbocycles. The molecule has 9 heteroatoms. The van der Waals surface area contributed by atoms with Crippen molar-refractivity contribution in [2.45, 2.75) is 5.16 Å². The molecule has 1 heterocycles. The summed E-state index contributed by atoms with van der Waals surface area (Å²) in [5.74, 6) is 1.36. The summed E-state index contributed by atoms with van der Waals surface area (Å²) >= 11 is 1.26. The highest BCUT2D eigenvalue weighted by molar-refractivity contribution is 7.99. The van der Waals surface area contributed by atoms with Gasteiger partial charge < -0.3 is 9.84 Å². The molecule has 1 amide bonds. The van der Waals surface area contributed by atoms with Crippen LogP contribution in [0.1, 0.15) is 5.56 Å². The Morgan fingerprint density at radius 3 is 2.61 bits per heavy atom. The highest BCUT2D eigenvalue weighted by Crippen LogP contribution is 2.28. The Morgan fingerprint density at radius 2 is 1.88 bits per heavy atom. The number of benzene rings is 3. The number of hydrazone groups is 1. The Bertz CT molecular complexity index is 1260. The van der Waals surface area contributed by atoms with E-state index in [9.17, 15) is 9.90 Å². The third-order valence-electron chi connectivity index (χ3n) is 4.60. The average Bonchev–Trinajstić information content (AvgIpc) is 3.27. The number of phenols is 1. The van der Waals surface area contributed by atoms with E-state index in [1.54, 1.807) is 31.4 Å². The van der Waals surface area contributed by atoms with Crippen LogP contribution in [0.4, 0.5) is 0 Å². The number of hydrogen-bond donors (Lipinski definition) is 2. The zero-order chi connectivity index (χ0) is 23.0. The second kappa shape index (κ2) is 10.5. The topological polar surface area (TPSA) is 102 Å². The molecule has 0 aliphatic heterocycles. The maximum Gasteiger partial charge on any atom is 0.250 e. The summed E-state index contributed by atoms with van der Waals surface area (Å²) in [7, 11) is 1.62. The number of methoxy groups -OCH3 is 1. The lowest BCUT2D eigenvalue weighted by Crippen LogP contribution is -2.20. The molecule has 0 aliphatic carbocycles. The highest BCUT2D eigenvalue weighted by atomic mass is 32.2. The fourth-order valence-electron chi connectivity index (χ4n) is 3.05. The third-order valence-corrected chi connectivity index (χ3v) is 5.53. The van der Waals surface area contributed by atoms with Crippen molar-refractivity contribution in [3.8, 4) is 28.6 Å². The number of aromatic hydroxyl groups is 1. The minimum absolute atomic E-state index is 0.102. The van der Waals surface area contributed by atoms with E-state index in [-0.39, 0.29) is 17.4 Å². The standard InChI is InChI=1S/C24H21N5O3S/c1-32-21-12-10-18(11-13-21)23-27-28-24(29(23)19-7-3-2-4-8-19)33-16-22(31)26-25-15-17-6-5-9-20(30)14-17/h2-15,30H,16H2,1H3,(H,26,31)/b25-15-. The fraction of sp³-hybridized carbons (Fsp3) is 0.0833. The molecule has 0 bridgehead atoms. The Labute approximate surface area is 194 Å². The van der Waals surface area contributed by atoms with Gasteiger partial charge in [-0.05, 0) is 54.1 Å². The lowest BCUT2D eigenvalue weighted by atomic mass is 10.2. The largest absolute Gasteiger partial charge is 0.508 e. The van der Waals surface area contributed by atoms with E-state index in [4.69, 9.17) is 4.74 Å². The van der Waals surface area contributed by atoms with Gasteiger partial charge in [-0.3, -0.25) is 9.36 Å². The number of phenolic OH excluding ortho intramolecular Hbond substituents is 1. The predicted octanol–water partition coefficient (Wildman–Crippen LogP) is 3.89. The maximum absolute atomic E-state index is 12.3. The van der Waals surface area contributed by atoms with Crippen LogP contribution in [0.15, 0.2) is 89.1 Å². The molecule has 2 N–H and O–H groups in total. The molecule has 4 aromatic rings. The number of ether oxygens (including phenoxy) is 1. The summed E-state index contributed by atoms with van der Waals surface area (Å²) in [6.07, 6.45) is 1.47. The van der Waals surface area contributed by atoms with Gasteiger partial charge in [0.1, 0.15) is 11.5 Å². The van der Waals surface area contributed by atoms with Crippen molar-refractivity contribution in [3.63, 3.8) is 0 Å². The number of carbonyl (C=O) groups excluding carboxylic acids is 1. The number of nitrogens with zero attached hydrogens (tertiary/aromatic N) is 4. The number of thioether (sulfide) groups is 1. The zero-order valence-electron chi connectivity index (χ0n) is 17.8. The van der Waals surface area contributed by atoms with Gasteiger partial charge in [0.05, 0.1) is 19.1 Å². The first-order valence-electron chi connectivity index (χ1n) is 10.0. The van der Waals surface area contributed by atoms with Gasteiger partial charge in [0, 0.05) is 11.3 Å². The van der Waals surface area contributed by atoms with Gasteiger partial charge in [-0.25, -0.2) is 5.43 Å². The molecular weight excluding hydrogens is 438 g/mol. The van der Waals surface area contributed by atoms with Gasteiger partial charge in [-0.1, -0.05) is 42.1 Å². The second-order valence-corrected chi connectivity index (χ2v) is 7.82. The molecule has 33 heavy (non-hydrogen) atoms. The predicted molar refractivity (Wildman–Crippen MR) is 128 cm³/mol.